The molecule has 1 heterocycles. The summed E-state index contributed by atoms with van der Waals surface area (Å²) in [5.74, 6) is -0.846. The summed E-state index contributed by atoms with van der Waals surface area (Å²) in [5.41, 5.74) is 0. The molecule has 0 radical (unpaired) electrons. The second kappa shape index (κ2) is 5.04. The first-order valence-corrected chi connectivity index (χ1v) is 6.35. The lowest BCUT2D eigenvalue weighted by Gasteiger charge is -2.23. The molecule has 17 heavy (non-hydrogen) atoms. The maximum Gasteiger partial charge on any atom is 0.326 e. The molecule has 0 aromatic heterocycles. The van der Waals surface area contributed by atoms with Crippen LogP contribution in [0.5, 0.6) is 0 Å². The molecule has 0 bridgehead atoms. The minimum atomic E-state index is -0.876. The molecule has 1 aliphatic carbocycles. The Labute approximate surface area is 101 Å². The van der Waals surface area contributed by atoms with Gasteiger partial charge >= 0.3 is 5.97 Å². The molecule has 1 aliphatic heterocycles. The van der Waals surface area contributed by atoms with Gasteiger partial charge in [-0.25, -0.2) is 4.79 Å². The van der Waals surface area contributed by atoms with Gasteiger partial charge in [0, 0.05) is 25.6 Å². The fourth-order valence-electron chi connectivity index (χ4n) is 2.42. The zero-order chi connectivity index (χ0) is 12.4. The molecule has 2 unspecified atom stereocenters. The van der Waals surface area contributed by atoms with Crippen LogP contribution in [0, 0.1) is 5.92 Å². The minimum Gasteiger partial charge on any atom is -0.480 e. The van der Waals surface area contributed by atoms with Crippen molar-refractivity contribution < 1.29 is 14.7 Å². The average molecular weight is 240 g/mol. The summed E-state index contributed by atoms with van der Waals surface area (Å²) >= 11 is 0. The van der Waals surface area contributed by atoms with Gasteiger partial charge in [-0.15, -0.1) is 0 Å². The summed E-state index contributed by atoms with van der Waals surface area (Å²) in [6.45, 7) is 3.15. The van der Waals surface area contributed by atoms with Crippen molar-refractivity contribution in [3.8, 4) is 0 Å². The van der Waals surface area contributed by atoms with Gasteiger partial charge in [0.2, 0.25) is 5.91 Å². The molecule has 96 valence electrons. The van der Waals surface area contributed by atoms with E-state index in [-0.39, 0.29) is 11.8 Å². The van der Waals surface area contributed by atoms with Crippen molar-refractivity contribution in [2.24, 2.45) is 5.92 Å². The third kappa shape index (κ3) is 2.97. The highest BCUT2D eigenvalue weighted by atomic mass is 16.4. The van der Waals surface area contributed by atoms with Crippen LogP contribution in [0.15, 0.2) is 0 Å². The molecular weight excluding hydrogens is 220 g/mol. The largest absolute Gasteiger partial charge is 0.480 e. The Balaban J connectivity index is 1.82. The highest BCUT2D eigenvalue weighted by Crippen LogP contribution is 2.25. The lowest BCUT2D eigenvalue weighted by atomic mass is 10.0. The Hall–Kier alpha value is -1.10. The summed E-state index contributed by atoms with van der Waals surface area (Å²) in [4.78, 5) is 24.6. The van der Waals surface area contributed by atoms with E-state index < -0.39 is 12.0 Å². The number of hydrogen-bond acceptors (Lipinski definition) is 3. The highest BCUT2D eigenvalue weighted by molar-refractivity contribution is 5.84. The fourth-order valence-corrected chi connectivity index (χ4v) is 2.42. The molecule has 1 saturated heterocycles. The number of carbonyl (C=O) groups excluding carboxylic acids is 1. The van der Waals surface area contributed by atoms with Gasteiger partial charge in [-0.1, -0.05) is 6.92 Å². The van der Waals surface area contributed by atoms with Gasteiger partial charge in [0.1, 0.15) is 6.04 Å². The molecular formula is C12H20N2O3. The smallest absolute Gasteiger partial charge is 0.326 e. The molecule has 2 fully saturated rings. The van der Waals surface area contributed by atoms with Gasteiger partial charge in [-0.3, -0.25) is 4.79 Å². The van der Waals surface area contributed by atoms with Gasteiger partial charge in [0.15, 0.2) is 0 Å². The Kier molecular flexibility index (Phi) is 3.66. The Morgan fingerprint density at radius 1 is 1.35 bits per heavy atom. The van der Waals surface area contributed by atoms with Crippen molar-refractivity contribution in [2.45, 2.75) is 44.7 Å². The van der Waals surface area contributed by atoms with Crippen LogP contribution < -0.4 is 5.32 Å². The summed E-state index contributed by atoms with van der Waals surface area (Å²) in [7, 11) is 0. The number of nitrogens with zero attached hydrogens (tertiary/aromatic N) is 1. The number of carboxylic acids is 1. The molecule has 5 heteroatoms. The van der Waals surface area contributed by atoms with E-state index in [1.807, 2.05) is 6.92 Å². The Bertz CT molecular complexity index is 315. The standard InChI is InChI=1S/C12H20N2O3/c1-8-5-7-14(11(8)12(16)17)10(15)4-6-13-9-2-3-9/h8-9,11,13H,2-7H2,1H3,(H,16,17). The van der Waals surface area contributed by atoms with E-state index in [4.69, 9.17) is 5.11 Å². The zero-order valence-electron chi connectivity index (χ0n) is 10.2. The van der Waals surface area contributed by atoms with E-state index in [1.165, 1.54) is 17.7 Å². The second-order valence-corrected chi connectivity index (χ2v) is 5.11. The highest BCUT2D eigenvalue weighted by Gasteiger charge is 2.39. The monoisotopic (exact) mass is 240 g/mol. The number of hydrogen-bond donors (Lipinski definition) is 2. The Morgan fingerprint density at radius 3 is 2.65 bits per heavy atom. The number of carboxylic acid groups (broad SMARTS) is 1. The van der Waals surface area contributed by atoms with Crippen LogP contribution in [-0.2, 0) is 9.59 Å². The number of amides is 1. The van der Waals surface area contributed by atoms with E-state index >= 15 is 0 Å². The molecule has 1 saturated carbocycles. The third-order valence-electron chi connectivity index (χ3n) is 3.62. The summed E-state index contributed by atoms with van der Waals surface area (Å²) in [6, 6.07) is -0.0287. The van der Waals surface area contributed by atoms with E-state index in [2.05, 4.69) is 5.32 Å². The topological polar surface area (TPSA) is 69.6 Å². The van der Waals surface area contributed by atoms with Gasteiger partial charge in [0.05, 0.1) is 0 Å². The lowest BCUT2D eigenvalue weighted by molar-refractivity contribution is -0.149. The molecule has 2 aliphatic rings. The van der Waals surface area contributed by atoms with Gasteiger partial charge in [-0.05, 0) is 25.2 Å². The van der Waals surface area contributed by atoms with Crippen LogP contribution in [0.1, 0.15) is 32.6 Å². The average Bonchev–Trinajstić information content (AvgIpc) is 2.99. The normalized spacial score (nSPS) is 28.4. The first-order chi connectivity index (χ1) is 8.09. The number of aliphatic carboxylic acids is 1. The molecule has 5 nitrogen and oxygen atoms in total. The van der Waals surface area contributed by atoms with Crippen LogP contribution in [-0.4, -0.2) is 47.1 Å². The molecule has 0 aromatic carbocycles. The van der Waals surface area contributed by atoms with Gasteiger partial charge in [-0.2, -0.15) is 0 Å². The van der Waals surface area contributed by atoms with Crippen molar-refractivity contribution in [1.82, 2.24) is 10.2 Å². The minimum absolute atomic E-state index is 0.0325. The van der Waals surface area contributed by atoms with Crippen LogP contribution in [0.2, 0.25) is 0 Å². The first kappa shape index (κ1) is 12.4. The van der Waals surface area contributed by atoms with Crippen molar-refractivity contribution in [2.75, 3.05) is 13.1 Å². The summed E-state index contributed by atoms with van der Waals surface area (Å²) in [5, 5.41) is 12.4. The maximum atomic E-state index is 11.9. The van der Waals surface area contributed by atoms with Crippen molar-refractivity contribution >= 4 is 11.9 Å². The van der Waals surface area contributed by atoms with Gasteiger partial charge in [0.25, 0.3) is 0 Å². The van der Waals surface area contributed by atoms with E-state index in [9.17, 15) is 9.59 Å². The summed E-state index contributed by atoms with van der Waals surface area (Å²) < 4.78 is 0. The van der Waals surface area contributed by atoms with Gasteiger partial charge < -0.3 is 15.3 Å². The quantitative estimate of drug-likeness (QED) is 0.732. The predicted molar refractivity (Wildman–Crippen MR) is 62.6 cm³/mol. The van der Waals surface area contributed by atoms with E-state index in [0.29, 0.717) is 25.6 Å². The number of carbonyl (C=O) groups is 2. The first-order valence-electron chi connectivity index (χ1n) is 6.35. The molecule has 2 N–H and O–H groups in total. The van der Waals surface area contributed by atoms with Crippen molar-refractivity contribution in [1.29, 1.82) is 0 Å². The van der Waals surface area contributed by atoms with Crippen LogP contribution in [0.3, 0.4) is 0 Å². The molecule has 2 rings (SSSR count). The zero-order valence-corrected chi connectivity index (χ0v) is 10.2. The van der Waals surface area contributed by atoms with Crippen LogP contribution in [0.4, 0.5) is 0 Å². The molecule has 0 spiro atoms. The molecule has 0 aromatic rings. The number of rotatable bonds is 5. The van der Waals surface area contributed by atoms with Crippen molar-refractivity contribution in [3.05, 3.63) is 0 Å². The fraction of sp³-hybridized carbons (Fsp3) is 0.833. The van der Waals surface area contributed by atoms with Crippen molar-refractivity contribution in [3.63, 3.8) is 0 Å². The third-order valence-corrected chi connectivity index (χ3v) is 3.62. The van der Waals surface area contributed by atoms with E-state index in [1.54, 1.807) is 0 Å². The number of likely N-dealkylation sites (tertiary alicyclic amines) is 1. The molecule has 1 amide bonds. The van der Waals surface area contributed by atoms with Crippen LogP contribution in [0.25, 0.3) is 0 Å². The molecule has 2 atom stereocenters. The predicted octanol–water partition coefficient (Wildman–Crippen LogP) is 0.450. The maximum absolute atomic E-state index is 11.9. The summed E-state index contributed by atoms with van der Waals surface area (Å²) in [6.07, 6.45) is 3.60. The SMILES string of the molecule is CC1CCN(C(=O)CCNC2CC2)C1C(=O)O. The number of nitrogens with one attached hydrogen (secondary N) is 1. The van der Waals surface area contributed by atoms with E-state index in [0.717, 1.165) is 6.42 Å². The lowest BCUT2D eigenvalue weighted by Crippen LogP contribution is -2.43. The second-order valence-electron chi connectivity index (χ2n) is 5.11. The Morgan fingerprint density at radius 2 is 2.06 bits per heavy atom. The van der Waals surface area contributed by atoms with Crippen LogP contribution >= 0.6 is 0 Å².